The minimum Gasteiger partial charge on any atom is -0.489 e. The Kier molecular flexibility index (Phi) is 4.52. The lowest BCUT2D eigenvalue weighted by Gasteiger charge is -2.19. The highest BCUT2D eigenvalue weighted by atomic mass is 16.5. The third-order valence-corrected chi connectivity index (χ3v) is 4.65. The van der Waals surface area contributed by atoms with Gasteiger partial charge in [0.2, 0.25) is 0 Å². The van der Waals surface area contributed by atoms with Crippen molar-refractivity contribution in [3.05, 3.63) is 78.2 Å². The first-order valence-electron chi connectivity index (χ1n) is 8.75. The fourth-order valence-corrected chi connectivity index (χ4v) is 3.16. The van der Waals surface area contributed by atoms with Gasteiger partial charge in [-0.25, -0.2) is 10.8 Å². The SMILES string of the molecule is Cc1cccc(N(C)N)c1COc1cccc(-c2ccc3ocnc3c2)c1. The number of oxazole rings is 1. The van der Waals surface area contributed by atoms with Gasteiger partial charge in [-0.05, 0) is 53.9 Å². The Morgan fingerprint density at radius 1 is 1.04 bits per heavy atom. The Balaban J connectivity index is 1.59. The topological polar surface area (TPSA) is 64.5 Å². The minimum atomic E-state index is 0.454. The first kappa shape index (κ1) is 17.1. The first-order valence-corrected chi connectivity index (χ1v) is 8.75. The molecule has 0 aliphatic carbocycles. The molecule has 0 amide bonds. The highest BCUT2D eigenvalue weighted by Crippen LogP contribution is 2.28. The lowest BCUT2D eigenvalue weighted by atomic mass is 10.0. The molecule has 3 aromatic carbocycles. The zero-order chi connectivity index (χ0) is 18.8. The van der Waals surface area contributed by atoms with Crippen LogP contribution in [0.2, 0.25) is 0 Å². The van der Waals surface area contributed by atoms with Gasteiger partial charge < -0.3 is 14.2 Å². The zero-order valence-corrected chi connectivity index (χ0v) is 15.3. The van der Waals surface area contributed by atoms with Gasteiger partial charge in [0.05, 0.1) is 5.69 Å². The summed E-state index contributed by atoms with van der Waals surface area (Å²) in [6.07, 6.45) is 1.46. The summed E-state index contributed by atoms with van der Waals surface area (Å²) in [6.45, 7) is 2.52. The van der Waals surface area contributed by atoms with Gasteiger partial charge in [-0.3, -0.25) is 0 Å². The quantitative estimate of drug-likeness (QED) is 0.414. The molecule has 0 bridgehead atoms. The standard InChI is InChI=1S/C22H21N3O2/c1-15-5-3-8-21(25(2)23)19(15)13-26-18-7-4-6-16(11-18)17-9-10-22-20(12-17)24-14-27-22/h3-12,14H,13,23H2,1-2H3. The average molecular weight is 359 g/mol. The van der Waals surface area contributed by atoms with Crippen LogP contribution in [0.25, 0.3) is 22.2 Å². The lowest BCUT2D eigenvalue weighted by molar-refractivity contribution is 0.306. The normalized spacial score (nSPS) is 10.9. The van der Waals surface area contributed by atoms with Gasteiger partial charge in [0.25, 0.3) is 0 Å². The van der Waals surface area contributed by atoms with E-state index in [9.17, 15) is 0 Å². The molecule has 0 aliphatic rings. The second-order valence-electron chi connectivity index (χ2n) is 6.53. The number of ether oxygens (including phenoxy) is 1. The molecule has 0 saturated heterocycles. The number of nitrogens with two attached hydrogens (primary N) is 1. The van der Waals surface area contributed by atoms with Gasteiger partial charge in [0.15, 0.2) is 12.0 Å². The second kappa shape index (κ2) is 7.13. The average Bonchev–Trinajstić information content (AvgIpc) is 3.15. The maximum atomic E-state index is 6.08. The molecule has 4 rings (SSSR count). The van der Waals surface area contributed by atoms with Gasteiger partial charge in [-0.1, -0.05) is 30.3 Å². The third-order valence-electron chi connectivity index (χ3n) is 4.65. The Labute approximate surface area is 158 Å². The van der Waals surface area contributed by atoms with E-state index in [0.29, 0.717) is 6.61 Å². The van der Waals surface area contributed by atoms with E-state index in [1.54, 1.807) is 5.01 Å². The fraction of sp³-hybridized carbons (Fsp3) is 0.136. The maximum absolute atomic E-state index is 6.08. The van der Waals surface area contributed by atoms with E-state index < -0.39 is 0 Å². The molecule has 27 heavy (non-hydrogen) atoms. The third kappa shape index (κ3) is 3.50. The molecular formula is C22H21N3O2. The van der Waals surface area contributed by atoms with Crippen LogP contribution >= 0.6 is 0 Å². The number of hydrogen-bond donors (Lipinski definition) is 1. The molecule has 0 saturated carbocycles. The van der Waals surface area contributed by atoms with Crippen LogP contribution in [0.4, 0.5) is 5.69 Å². The predicted octanol–water partition coefficient (Wildman–Crippen LogP) is 4.69. The molecule has 2 N–H and O–H groups in total. The van der Waals surface area contributed by atoms with Crippen LogP contribution in [0.15, 0.2) is 71.5 Å². The van der Waals surface area contributed by atoms with Crippen LogP contribution in [-0.2, 0) is 6.61 Å². The van der Waals surface area contributed by atoms with Crippen molar-refractivity contribution in [1.29, 1.82) is 0 Å². The van der Waals surface area contributed by atoms with Crippen molar-refractivity contribution in [3.8, 4) is 16.9 Å². The molecule has 1 aromatic heterocycles. The molecule has 5 nitrogen and oxygen atoms in total. The van der Waals surface area contributed by atoms with Crippen LogP contribution in [0.5, 0.6) is 5.75 Å². The summed E-state index contributed by atoms with van der Waals surface area (Å²) in [5.74, 6) is 6.76. The Morgan fingerprint density at radius 3 is 2.70 bits per heavy atom. The number of rotatable bonds is 5. The van der Waals surface area contributed by atoms with Crippen LogP contribution in [0.3, 0.4) is 0 Å². The molecule has 0 spiro atoms. The Morgan fingerprint density at radius 2 is 1.85 bits per heavy atom. The molecular weight excluding hydrogens is 338 g/mol. The summed E-state index contributed by atoms with van der Waals surface area (Å²) < 4.78 is 11.4. The molecule has 136 valence electrons. The number of anilines is 1. The Bertz CT molecular complexity index is 1090. The maximum Gasteiger partial charge on any atom is 0.181 e. The van der Waals surface area contributed by atoms with E-state index in [2.05, 4.69) is 24.0 Å². The highest BCUT2D eigenvalue weighted by molar-refractivity contribution is 5.80. The Hall–Kier alpha value is -3.31. The van der Waals surface area contributed by atoms with Crippen molar-refractivity contribution >= 4 is 16.8 Å². The van der Waals surface area contributed by atoms with Gasteiger partial charge in [-0.2, -0.15) is 0 Å². The highest BCUT2D eigenvalue weighted by Gasteiger charge is 2.09. The van der Waals surface area contributed by atoms with E-state index >= 15 is 0 Å². The largest absolute Gasteiger partial charge is 0.489 e. The number of benzene rings is 3. The first-order chi connectivity index (χ1) is 13.1. The zero-order valence-electron chi connectivity index (χ0n) is 15.3. The van der Waals surface area contributed by atoms with E-state index in [4.69, 9.17) is 15.0 Å². The van der Waals surface area contributed by atoms with E-state index in [1.807, 2.05) is 55.6 Å². The number of aryl methyl sites for hydroxylation is 1. The van der Waals surface area contributed by atoms with Gasteiger partial charge in [-0.15, -0.1) is 0 Å². The van der Waals surface area contributed by atoms with Crippen LogP contribution in [-0.4, -0.2) is 12.0 Å². The van der Waals surface area contributed by atoms with Crippen molar-refractivity contribution in [2.45, 2.75) is 13.5 Å². The molecule has 5 heteroatoms. The molecule has 0 fully saturated rings. The number of fused-ring (bicyclic) bond motifs is 1. The second-order valence-corrected chi connectivity index (χ2v) is 6.53. The lowest BCUT2D eigenvalue weighted by Crippen LogP contribution is -2.26. The summed E-state index contributed by atoms with van der Waals surface area (Å²) in [7, 11) is 1.83. The number of hydrogen-bond acceptors (Lipinski definition) is 5. The predicted molar refractivity (Wildman–Crippen MR) is 108 cm³/mol. The van der Waals surface area contributed by atoms with Crippen molar-refractivity contribution in [2.24, 2.45) is 5.84 Å². The summed E-state index contributed by atoms with van der Waals surface area (Å²) in [5.41, 5.74) is 6.95. The number of aromatic nitrogens is 1. The van der Waals surface area contributed by atoms with Gasteiger partial charge in [0, 0.05) is 12.6 Å². The molecule has 0 radical (unpaired) electrons. The molecule has 1 heterocycles. The smallest absolute Gasteiger partial charge is 0.181 e. The van der Waals surface area contributed by atoms with Crippen LogP contribution in [0, 0.1) is 6.92 Å². The number of nitrogens with zero attached hydrogens (tertiary/aromatic N) is 2. The number of hydrazine groups is 1. The van der Waals surface area contributed by atoms with Crippen LogP contribution < -0.4 is 15.6 Å². The summed E-state index contributed by atoms with van der Waals surface area (Å²) in [4.78, 5) is 4.22. The van der Waals surface area contributed by atoms with E-state index in [-0.39, 0.29) is 0 Å². The molecule has 4 aromatic rings. The van der Waals surface area contributed by atoms with Gasteiger partial charge >= 0.3 is 0 Å². The van der Waals surface area contributed by atoms with E-state index in [0.717, 1.165) is 44.8 Å². The van der Waals surface area contributed by atoms with Crippen molar-refractivity contribution in [3.63, 3.8) is 0 Å². The molecule has 0 unspecified atom stereocenters. The minimum absolute atomic E-state index is 0.454. The molecule has 0 atom stereocenters. The van der Waals surface area contributed by atoms with Crippen molar-refractivity contribution in [1.82, 2.24) is 4.98 Å². The summed E-state index contributed by atoms with van der Waals surface area (Å²) in [6, 6.07) is 20.1. The summed E-state index contributed by atoms with van der Waals surface area (Å²) in [5, 5.41) is 1.62. The summed E-state index contributed by atoms with van der Waals surface area (Å²) >= 11 is 0. The van der Waals surface area contributed by atoms with Crippen LogP contribution in [0.1, 0.15) is 11.1 Å². The van der Waals surface area contributed by atoms with Gasteiger partial charge in [0.1, 0.15) is 17.9 Å². The monoisotopic (exact) mass is 359 g/mol. The van der Waals surface area contributed by atoms with Crippen molar-refractivity contribution < 1.29 is 9.15 Å². The molecule has 0 aliphatic heterocycles. The van der Waals surface area contributed by atoms with E-state index in [1.165, 1.54) is 6.39 Å². The van der Waals surface area contributed by atoms with Crippen molar-refractivity contribution in [2.75, 3.05) is 12.1 Å². The fourth-order valence-electron chi connectivity index (χ4n) is 3.16.